The van der Waals surface area contributed by atoms with Gasteiger partial charge in [0, 0.05) is 17.5 Å². The summed E-state index contributed by atoms with van der Waals surface area (Å²) in [6, 6.07) is 1.02. The van der Waals surface area contributed by atoms with Crippen molar-refractivity contribution in [3.05, 3.63) is 16.6 Å². The molecule has 2 rings (SSSR count). The van der Waals surface area contributed by atoms with Crippen molar-refractivity contribution in [1.29, 1.82) is 0 Å². The number of hydrogen-bond acceptors (Lipinski definition) is 3. The van der Waals surface area contributed by atoms with Gasteiger partial charge in [-0.15, -0.1) is 11.3 Å². The van der Waals surface area contributed by atoms with E-state index in [-0.39, 0.29) is 0 Å². The van der Waals surface area contributed by atoms with E-state index in [0.29, 0.717) is 12.1 Å². The zero-order valence-corrected chi connectivity index (χ0v) is 9.68. The summed E-state index contributed by atoms with van der Waals surface area (Å²) in [5.74, 6) is 1.00. The number of nitrogens with one attached hydrogen (secondary N) is 1. The second-order valence-corrected chi connectivity index (χ2v) is 5.10. The molecular weight excluding hydrogens is 192 g/mol. The van der Waals surface area contributed by atoms with Gasteiger partial charge in [0.1, 0.15) is 0 Å². The fourth-order valence-electron chi connectivity index (χ4n) is 1.87. The molecular formula is C11H18N2S. The van der Waals surface area contributed by atoms with Crippen molar-refractivity contribution in [2.75, 3.05) is 0 Å². The first-order valence-electron chi connectivity index (χ1n) is 5.40. The number of thiazole rings is 1. The highest BCUT2D eigenvalue weighted by Crippen LogP contribution is 2.33. The van der Waals surface area contributed by atoms with Gasteiger partial charge in [-0.1, -0.05) is 12.8 Å². The highest BCUT2D eigenvalue weighted by Gasteiger charge is 2.24. The lowest BCUT2D eigenvalue weighted by molar-refractivity contribution is 0.434. The SMILES string of the molecule is CC(CC1CC1)NC(C)c1cscn1. The van der Waals surface area contributed by atoms with Gasteiger partial charge < -0.3 is 5.32 Å². The molecule has 1 aliphatic carbocycles. The van der Waals surface area contributed by atoms with E-state index in [2.05, 4.69) is 29.5 Å². The van der Waals surface area contributed by atoms with Crippen molar-refractivity contribution < 1.29 is 0 Å². The predicted octanol–water partition coefficient (Wildman–Crippen LogP) is 2.98. The maximum absolute atomic E-state index is 4.32. The molecule has 1 fully saturated rings. The topological polar surface area (TPSA) is 24.9 Å². The van der Waals surface area contributed by atoms with Crippen LogP contribution in [0.5, 0.6) is 0 Å². The Kier molecular flexibility index (Phi) is 3.19. The van der Waals surface area contributed by atoms with Crippen LogP contribution in [0.1, 0.15) is 44.8 Å². The summed E-state index contributed by atoms with van der Waals surface area (Å²) >= 11 is 1.67. The molecule has 2 atom stereocenters. The van der Waals surface area contributed by atoms with Gasteiger partial charge in [0.05, 0.1) is 11.2 Å². The molecule has 1 aliphatic rings. The van der Waals surface area contributed by atoms with E-state index in [9.17, 15) is 0 Å². The van der Waals surface area contributed by atoms with Gasteiger partial charge in [-0.25, -0.2) is 4.98 Å². The summed E-state index contributed by atoms with van der Waals surface area (Å²) in [4.78, 5) is 4.32. The highest BCUT2D eigenvalue weighted by atomic mass is 32.1. The van der Waals surface area contributed by atoms with Crippen molar-refractivity contribution in [3.63, 3.8) is 0 Å². The molecule has 0 amide bonds. The van der Waals surface area contributed by atoms with E-state index in [1.807, 2.05) is 5.51 Å². The first-order valence-corrected chi connectivity index (χ1v) is 6.34. The van der Waals surface area contributed by atoms with Crippen molar-refractivity contribution in [3.8, 4) is 0 Å². The quantitative estimate of drug-likeness (QED) is 0.808. The summed E-state index contributed by atoms with van der Waals surface area (Å²) in [5.41, 5.74) is 3.08. The minimum absolute atomic E-state index is 0.398. The molecule has 14 heavy (non-hydrogen) atoms. The zero-order chi connectivity index (χ0) is 9.97. The predicted molar refractivity (Wildman–Crippen MR) is 60.5 cm³/mol. The summed E-state index contributed by atoms with van der Waals surface area (Å²) in [5, 5.41) is 5.72. The standard InChI is InChI=1S/C11H18N2S/c1-8(5-10-3-4-10)13-9(2)11-6-14-7-12-11/h6-10,13H,3-5H2,1-2H3. The maximum atomic E-state index is 4.32. The summed E-state index contributed by atoms with van der Waals surface area (Å²) < 4.78 is 0. The van der Waals surface area contributed by atoms with Crippen LogP contribution in [0, 0.1) is 5.92 Å². The first kappa shape index (κ1) is 10.1. The van der Waals surface area contributed by atoms with Crippen LogP contribution in [-0.4, -0.2) is 11.0 Å². The fourth-order valence-corrected chi connectivity index (χ4v) is 2.52. The molecule has 1 heterocycles. The Morgan fingerprint density at radius 1 is 1.57 bits per heavy atom. The van der Waals surface area contributed by atoms with Crippen LogP contribution in [0.15, 0.2) is 10.9 Å². The molecule has 1 aromatic heterocycles. The highest BCUT2D eigenvalue weighted by molar-refractivity contribution is 7.07. The van der Waals surface area contributed by atoms with Crippen molar-refractivity contribution in [2.45, 2.75) is 45.2 Å². The van der Waals surface area contributed by atoms with Gasteiger partial charge in [-0.3, -0.25) is 0 Å². The Morgan fingerprint density at radius 3 is 2.93 bits per heavy atom. The second kappa shape index (κ2) is 4.41. The second-order valence-electron chi connectivity index (χ2n) is 4.38. The van der Waals surface area contributed by atoms with E-state index in [4.69, 9.17) is 0 Å². The lowest BCUT2D eigenvalue weighted by atomic mass is 10.1. The molecule has 0 radical (unpaired) electrons. The maximum Gasteiger partial charge on any atom is 0.0795 e. The summed E-state index contributed by atoms with van der Waals surface area (Å²) in [6.45, 7) is 4.47. The van der Waals surface area contributed by atoms with E-state index < -0.39 is 0 Å². The average molecular weight is 210 g/mol. The molecule has 2 unspecified atom stereocenters. The van der Waals surface area contributed by atoms with Gasteiger partial charge in [-0.2, -0.15) is 0 Å². The van der Waals surface area contributed by atoms with Crippen LogP contribution in [0.2, 0.25) is 0 Å². The van der Waals surface area contributed by atoms with Crippen LogP contribution >= 0.6 is 11.3 Å². The van der Waals surface area contributed by atoms with Gasteiger partial charge >= 0.3 is 0 Å². The Balaban J connectivity index is 1.78. The van der Waals surface area contributed by atoms with Crippen molar-refractivity contribution in [1.82, 2.24) is 10.3 Å². The summed E-state index contributed by atoms with van der Waals surface area (Å²) in [6.07, 6.45) is 4.21. The van der Waals surface area contributed by atoms with Crippen LogP contribution in [0.4, 0.5) is 0 Å². The van der Waals surface area contributed by atoms with Crippen molar-refractivity contribution >= 4 is 11.3 Å². The number of rotatable bonds is 5. The van der Waals surface area contributed by atoms with E-state index in [1.165, 1.54) is 25.0 Å². The number of nitrogens with zero attached hydrogens (tertiary/aromatic N) is 1. The number of hydrogen-bond donors (Lipinski definition) is 1. The Hall–Kier alpha value is -0.410. The molecule has 0 saturated heterocycles. The average Bonchev–Trinajstić information content (AvgIpc) is 2.80. The molecule has 2 nitrogen and oxygen atoms in total. The van der Waals surface area contributed by atoms with Crippen molar-refractivity contribution in [2.24, 2.45) is 5.92 Å². The molecule has 0 bridgehead atoms. The minimum Gasteiger partial charge on any atom is -0.306 e. The Bertz CT molecular complexity index is 267. The van der Waals surface area contributed by atoms with Crippen LogP contribution in [0.3, 0.4) is 0 Å². The van der Waals surface area contributed by atoms with Crippen LogP contribution in [-0.2, 0) is 0 Å². The van der Waals surface area contributed by atoms with Gasteiger partial charge in [0.2, 0.25) is 0 Å². The molecule has 1 aromatic rings. The third-order valence-electron chi connectivity index (χ3n) is 2.81. The molecule has 78 valence electrons. The van der Waals surface area contributed by atoms with Gasteiger partial charge in [0.25, 0.3) is 0 Å². The largest absolute Gasteiger partial charge is 0.306 e. The summed E-state index contributed by atoms with van der Waals surface area (Å²) in [7, 11) is 0. The third-order valence-corrected chi connectivity index (χ3v) is 3.42. The van der Waals surface area contributed by atoms with Gasteiger partial charge in [0.15, 0.2) is 0 Å². The normalized spacial score (nSPS) is 20.7. The van der Waals surface area contributed by atoms with Crippen LogP contribution < -0.4 is 5.32 Å². The van der Waals surface area contributed by atoms with Crippen LogP contribution in [0.25, 0.3) is 0 Å². The fraction of sp³-hybridized carbons (Fsp3) is 0.727. The molecule has 1 saturated carbocycles. The molecule has 3 heteroatoms. The monoisotopic (exact) mass is 210 g/mol. The molecule has 1 N–H and O–H groups in total. The molecule has 0 spiro atoms. The lowest BCUT2D eigenvalue weighted by Crippen LogP contribution is -2.29. The lowest BCUT2D eigenvalue weighted by Gasteiger charge is -2.18. The minimum atomic E-state index is 0.398. The van der Waals surface area contributed by atoms with E-state index in [1.54, 1.807) is 11.3 Å². The Labute approximate surface area is 89.8 Å². The third kappa shape index (κ3) is 2.79. The first-order chi connectivity index (χ1) is 6.75. The smallest absolute Gasteiger partial charge is 0.0795 e. The van der Waals surface area contributed by atoms with Gasteiger partial charge in [-0.05, 0) is 26.2 Å². The Morgan fingerprint density at radius 2 is 2.36 bits per heavy atom. The number of aromatic nitrogens is 1. The molecule has 0 aromatic carbocycles. The molecule has 0 aliphatic heterocycles. The van der Waals surface area contributed by atoms with E-state index >= 15 is 0 Å². The zero-order valence-electron chi connectivity index (χ0n) is 8.86. The van der Waals surface area contributed by atoms with E-state index in [0.717, 1.165) is 5.92 Å².